The van der Waals surface area contributed by atoms with Crippen molar-refractivity contribution in [3.05, 3.63) is 11.4 Å². The van der Waals surface area contributed by atoms with E-state index in [-0.39, 0.29) is 0 Å². The van der Waals surface area contributed by atoms with Crippen molar-refractivity contribution < 1.29 is 4.79 Å². The first-order valence-electron chi connectivity index (χ1n) is 7.05. The molecule has 1 aromatic rings. The summed E-state index contributed by atoms with van der Waals surface area (Å²) in [6.07, 6.45) is 2.26. The normalized spacial score (nSPS) is 15.0. The summed E-state index contributed by atoms with van der Waals surface area (Å²) in [7, 11) is 0. The largest absolute Gasteiger partial charge is 0.370 e. The quantitative estimate of drug-likeness (QED) is 0.737. The van der Waals surface area contributed by atoms with Crippen LogP contribution in [0.2, 0.25) is 0 Å². The van der Waals surface area contributed by atoms with Gasteiger partial charge in [-0.25, -0.2) is 9.97 Å². The van der Waals surface area contributed by atoms with E-state index in [1.165, 1.54) is 0 Å². The number of hydrogen-bond donors (Lipinski definition) is 3. The number of hydrogen-bond acceptors (Lipinski definition) is 5. The van der Waals surface area contributed by atoms with Crippen LogP contribution in [0, 0.1) is 6.92 Å². The van der Waals surface area contributed by atoms with Gasteiger partial charge in [0.15, 0.2) is 0 Å². The Kier molecular flexibility index (Phi) is 3.83. The van der Waals surface area contributed by atoms with Gasteiger partial charge in [0.05, 0.1) is 0 Å². The van der Waals surface area contributed by atoms with Crippen molar-refractivity contribution in [2.75, 3.05) is 17.2 Å². The van der Waals surface area contributed by atoms with Crippen LogP contribution in [-0.2, 0) is 4.79 Å². The third-order valence-corrected chi connectivity index (χ3v) is 3.50. The van der Waals surface area contributed by atoms with Gasteiger partial charge in [0.2, 0.25) is 5.91 Å². The fraction of sp³-hybridized carbons (Fsp3) is 0.643. The van der Waals surface area contributed by atoms with Crippen molar-refractivity contribution >= 4 is 17.5 Å². The lowest BCUT2D eigenvalue weighted by Crippen LogP contribution is -2.45. The first-order chi connectivity index (χ1) is 9.35. The standard InChI is InChI=1S/C14H23N5O/c1-5-16-10-8(2)11(19-14(3,4)13(15)20)18-12(17-10)9-6-7-9/h9H,5-7H2,1-4H3,(H2,15,20)(H2,16,17,18,19). The second-order valence-electron chi connectivity index (χ2n) is 5.82. The van der Waals surface area contributed by atoms with Crippen LogP contribution in [0.15, 0.2) is 0 Å². The molecule has 20 heavy (non-hydrogen) atoms. The third-order valence-electron chi connectivity index (χ3n) is 3.50. The van der Waals surface area contributed by atoms with Crippen LogP contribution < -0.4 is 16.4 Å². The van der Waals surface area contributed by atoms with Gasteiger partial charge in [-0.15, -0.1) is 0 Å². The zero-order valence-corrected chi connectivity index (χ0v) is 12.6. The highest BCUT2D eigenvalue weighted by Crippen LogP contribution is 2.39. The van der Waals surface area contributed by atoms with Gasteiger partial charge in [0.25, 0.3) is 0 Å². The topological polar surface area (TPSA) is 92.9 Å². The lowest BCUT2D eigenvalue weighted by Gasteiger charge is -2.25. The smallest absolute Gasteiger partial charge is 0.242 e. The molecule has 0 aromatic carbocycles. The highest BCUT2D eigenvalue weighted by molar-refractivity contribution is 5.87. The van der Waals surface area contributed by atoms with Crippen LogP contribution in [0.3, 0.4) is 0 Å². The first-order valence-corrected chi connectivity index (χ1v) is 7.05. The van der Waals surface area contributed by atoms with Crippen LogP contribution in [0.1, 0.15) is 50.9 Å². The molecule has 1 saturated carbocycles. The molecule has 1 heterocycles. The van der Waals surface area contributed by atoms with Gasteiger partial charge < -0.3 is 16.4 Å². The molecule has 0 bridgehead atoms. The summed E-state index contributed by atoms with van der Waals surface area (Å²) in [6, 6.07) is 0. The number of nitrogens with zero attached hydrogens (tertiary/aromatic N) is 2. The van der Waals surface area contributed by atoms with E-state index in [0.29, 0.717) is 11.7 Å². The van der Waals surface area contributed by atoms with E-state index in [4.69, 9.17) is 5.73 Å². The molecule has 0 atom stereocenters. The molecule has 1 aliphatic carbocycles. The van der Waals surface area contributed by atoms with E-state index in [1.807, 2.05) is 13.8 Å². The number of nitrogens with two attached hydrogens (primary N) is 1. The minimum atomic E-state index is -0.844. The molecule has 1 aromatic heterocycles. The zero-order valence-electron chi connectivity index (χ0n) is 12.6. The average Bonchev–Trinajstić information content (AvgIpc) is 3.18. The number of carbonyl (C=O) groups is 1. The van der Waals surface area contributed by atoms with Gasteiger partial charge in [0, 0.05) is 18.0 Å². The number of aromatic nitrogens is 2. The zero-order chi connectivity index (χ0) is 14.9. The van der Waals surface area contributed by atoms with E-state index in [2.05, 4.69) is 20.6 Å². The summed E-state index contributed by atoms with van der Waals surface area (Å²) >= 11 is 0. The molecule has 0 spiro atoms. The Hall–Kier alpha value is -1.85. The van der Waals surface area contributed by atoms with E-state index in [9.17, 15) is 4.79 Å². The van der Waals surface area contributed by atoms with Crippen molar-refractivity contribution in [3.8, 4) is 0 Å². The maximum Gasteiger partial charge on any atom is 0.242 e. The molecule has 2 rings (SSSR count). The SMILES string of the molecule is CCNc1nc(C2CC2)nc(NC(C)(C)C(N)=O)c1C. The maximum absolute atomic E-state index is 11.5. The molecule has 0 aliphatic heterocycles. The summed E-state index contributed by atoms with van der Waals surface area (Å²) < 4.78 is 0. The molecular weight excluding hydrogens is 254 g/mol. The van der Waals surface area contributed by atoms with Crippen LogP contribution in [0.5, 0.6) is 0 Å². The predicted octanol–water partition coefficient (Wildman–Crippen LogP) is 1.77. The Balaban J connectivity index is 2.37. The lowest BCUT2D eigenvalue weighted by molar-refractivity contribution is -0.121. The van der Waals surface area contributed by atoms with E-state index < -0.39 is 11.4 Å². The molecule has 1 aliphatic rings. The van der Waals surface area contributed by atoms with Gasteiger partial charge in [-0.2, -0.15) is 0 Å². The predicted molar refractivity (Wildman–Crippen MR) is 79.8 cm³/mol. The van der Waals surface area contributed by atoms with Crippen molar-refractivity contribution in [1.82, 2.24) is 9.97 Å². The third kappa shape index (κ3) is 3.00. The van der Waals surface area contributed by atoms with Crippen molar-refractivity contribution in [3.63, 3.8) is 0 Å². The number of carbonyl (C=O) groups excluding carboxylic acids is 1. The van der Waals surface area contributed by atoms with Crippen LogP contribution in [0.25, 0.3) is 0 Å². The second kappa shape index (κ2) is 5.26. The molecule has 6 heteroatoms. The Morgan fingerprint density at radius 3 is 2.45 bits per heavy atom. The summed E-state index contributed by atoms with van der Waals surface area (Å²) in [6.45, 7) is 8.26. The lowest BCUT2D eigenvalue weighted by atomic mass is 10.0. The fourth-order valence-electron chi connectivity index (χ4n) is 1.88. The second-order valence-corrected chi connectivity index (χ2v) is 5.82. The Morgan fingerprint density at radius 1 is 1.35 bits per heavy atom. The maximum atomic E-state index is 11.5. The van der Waals surface area contributed by atoms with E-state index >= 15 is 0 Å². The minimum absolute atomic E-state index is 0.409. The van der Waals surface area contributed by atoms with Gasteiger partial charge in [-0.3, -0.25) is 4.79 Å². The Bertz CT molecular complexity index is 523. The summed E-state index contributed by atoms with van der Waals surface area (Å²) in [5, 5.41) is 6.39. The molecule has 1 amide bonds. The first kappa shape index (κ1) is 14.6. The molecule has 0 unspecified atom stereocenters. The molecular formula is C14H23N5O. The number of anilines is 2. The highest BCUT2D eigenvalue weighted by atomic mass is 16.1. The molecule has 0 saturated heterocycles. The average molecular weight is 277 g/mol. The van der Waals surface area contributed by atoms with Crippen LogP contribution in [0.4, 0.5) is 11.6 Å². The van der Waals surface area contributed by atoms with Crippen molar-refractivity contribution in [1.29, 1.82) is 0 Å². The summed E-state index contributed by atoms with van der Waals surface area (Å²) in [5.41, 5.74) is 5.48. The Morgan fingerprint density at radius 2 is 1.95 bits per heavy atom. The van der Waals surface area contributed by atoms with Crippen LogP contribution in [-0.4, -0.2) is 28.0 Å². The minimum Gasteiger partial charge on any atom is -0.370 e. The fourth-order valence-corrected chi connectivity index (χ4v) is 1.88. The van der Waals surface area contributed by atoms with Crippen molar-refractivity contribution in [2.45, 2.75) is 52.0 Å². The summed E-state index contributed by atoms with van der Waals surface area (Å²) in [5.74, 6) is 2.39. The molecule has 1 fully saturated rings. The van der Waals surface area contributed by atoms with Gasteiger partial charge >= 0.3 is 0 Å². The molecule has 0 radical (unpaired) electrons. The monoisotopic (exact) mass is 277 g/mol. The molecule has 4 N–H and O–H groups in total. The number of amides is 1. The number of primary amides is 1. The highest BCUT2D eigenvalue weighted by Gasteiger charge is 2.30. The van der Waals surface area contributed by atoms with E-state index in [1.54, 1.807) is 13.8 Å². The van der Waals surface area contributed by atoms with Gasteiger partial charge in [0.1, 0.15) is 23.0 Å². The summed E-state index contributed by atoms with van der Waals surface area (Å²) in [4.78, 5) is 20.6. The number of nitrogens with one attached hydrogen (secondary N) is 2. The number of rotatable bonds is 6. The van der Waals surface area contributed by atoms with E-state index in [0.717, 1.165) is 36.6 Å². The van der Waals surface area contributed by atoms with Gasteiger partial charge in [-0.05, 0) is 40.5 Å². The van der Waals surface area contributed by atoms with Crippen LogP contribution >= 0.6 is 0 Å². The Labute approximate surface area is 119 Å². The van der Waals surface area contributed by atoms with Crippen molar-refractivity contribution in [2.24, 2.45) is 5.73 Å². The van der Waals surface area contributed by atoms with Gasteiger partial charge in [-0.1, -0.05) is 0 Å². The molecule has 110 valence electrons. The molecule has 6 nitrogen and oxygen atoms in total.